The number of ether oxygens (including phenoxy) is 1. The third-order valence-corrected chi connectivity index (χ3v) is 5.46. The lowest BCUT2D eigenvalue weighted by atomic mass is 10.2. The molecule has 0 bridgehead atoms. The van der Waals surface area contributed by atoms with Crippen LogP contribution in [0.5, 0.6) is 11.5 Å². The lowest BCUT2D eigenvalue weighted by molar-refractivity contribution is -0.126. The van der Waals surface area contributed by atoms with Gasteiger partial charge in [0.25, 0.3) is 5.91 Å². The Morgan fingerprint density at radius 1 is 1.27 bits per heavy atom. The summed E-state index contributed by atoms with van der Waals surface area (Å²) in [7, 11) is 1.55. The Morgan fingerprint density at radius 2 is 2.03 bits per heavy atom. The minimum Gasteiger partial charge on any atom is -0.507 e. The molecule has 0 aliphatic carbocycles. The Balaban J connectivity index is 1.71. The van der Waals surface area contributed by atoms with Crippen molar-refractivity contribution in [1.82, 2.24) is 4.90 Å². The normalized spacial score (nSPS) is 14.8. The second-order valence-electron chi connectivity index (χ2n) is 6.13. The summed E-state index contributed by atoms with van der Waals surface area (Å²) in [5.74, 6) is -2.06. The van der Waals surface area contributed by atoms with Gasteiger partial charge in [0.2, 0.25) is 5.91 Å². The third kappa shape index (κ3) is 4.78. The fourth-order valence-electron chi connectivity index (χ4n) is 2.65. The molecule has 2 amide bonds. The van der Waals surface area contributed by atoms with Gasteiger partial charge in [-0.3, -0.25) is 14.5 Å². The number of anilines is 1. The first-order valence-corrected chi connectivity index (χ1v) is 9.76. The molecule has 2 aromatic carbocycles. The molecule has 0 atom stereocenters. The summed E-state index contributed by atoms with van der Waals surface area (Å²) < 4.78 is 5.40. The summed E-state index contributed by atoms with van der Waals surface area (Å²) in [6.07, 6.45) is 1.67. The molecule has 0 saturated carbocycles. The highest BCUT2D eigenvalue weighted by Gasteiger charge is 2.33. The highest BCUT2D eigenvalue weighted by Crippen LogP contribution is 2.33. The molecule has 8 nitrogen and oxygen atoms in total. The summed E-state index contributed by atoms with van der Waals surface area (Å²) in [6, 6.07) is 10.8. The van der Waals surface area contributed by atoms with E-state index in [1.54, 1.807) is 31.4 Å². The molecule has 0 aromatic heterocycles. The Kier molecular flexibility index (Phi) is 6.38. The quantitative estimate of drug-likeness (QED) is 0.354. The number of phenols is 1. The van der Waals surface area contributed by atoms with Crippen molar-refractivity contribution in [2.24, 2.45) is 0 Å². The van der Waals surface area contributed by atoms with E-state index in [2.05, 4.69) is 5.32 Å². The van der Waals surface area contributed by atoms with Crippen LogP contribution in [0, 0.1) is 0 Å². The van der Waals surface area contributed by atoms with E-state index in [0.29, 0.717) is 10.7 Å². The monoisotopic (exact) mass is 444 g/mol. The van der Waals surface area contributed by atoms with Gasteiger partial charge in [-0.05, 0) is 42.0 Å². The van der Waals surface area contributed by atoms with Crippen molar-refractivity contribution in [3.05, 3.63) is 58.5 Å². The van der Waals surface area contributed by atoms with Crippen LogP contribution in [-0.2, 0) is 9.59 Å². The summed E-state index contributed by atoms with van der Waals surface area (Å²) in [6.45, 7) is -0.330. The van der Waals surface area contributed by atoms with Gasteiger partial charge in [0.05, 0.1) is 12.0 Å². The maximum atomic E-state index is 12.7. The van der Waals surface area contributed by atoms with Crippen LogP contribution in [-0.4, -0.2) is 50.9 Å². The molecule has 1 heterocycles. The number of carbonyl (C=O) groups excluding carboxylic acids is 2. The molecule has 0 radical (unpaired) electrons. The van der Waals surface area contributed by atoms with Crippen LogP contribution >= 0.6 is 24.0 Å². The number of benzene rings is 2. The third-order valence-electron chi connectivity index (χ3n) is 4.08. The molecule has 1 saturated heterocycles. The molecular weight excluding hydrogens is 428 g/mol. The first kappa shape index (κ1) is 21.3. The molecule has 0 unspecified atom stereocenters. The van der Waals surface area contributed by atoms with Crippen LogP contribution in [0.3, 0.4) is 0 Å². The van der Waals surface area contributed by atoms with Crippen LogP contribution < -0.4 is 10.1 Å². The number of aromatic carboxylic acids is 1. The molecule has 30 heavy (non-hydrogen) atoms. The fourth-order valence-corrected chi connectivity index (χ4v) is 3.90. The standard InChI is InChI=1S/C20H16N2O6S2/c1-28-13-4-2-3-11(7-13)8-16-18(25)22(20(29)30-16)10-17(24)21-12-5-6-15(23)14(9-12)19(26)27/h2-9,23H,10H2,1H3,(H,21,24)(H,26,27)/b16-8+. The molecular formula is C20H16N2O6S2. The topological polar surface area (TPSA) is 116 Å². The van der Waals surface area contributed by atoms with Gasteiger partial charge in [0.1, 0.15) is 27.9 Å². The van der Waals surface area contributed by atoms with Gasteiger partial charge in [-0.1, -0.05) is 36.1 Å². The lowest BCUT2D eigenvalue weighted by Gasteiger charge is -2.14. The van der Waals surface area contributed by atoms with E-state index in [9.17, 15) is 19.5 Å². The number of carbonyl (C=O) groups is 3. The van der Waals surface area contributed by atoms with Crippen LogP contribution in [0.4, 0.5) is 5.69 Å². The zero-order chi connectivity index (χ0) is 21.8. The van der Waals surface area contributed by atoms with Gasteiger partial charge >= 0.3 is 5.97 Å². The second kappa shape index (κ2) is 8.97. The highest BCUT2D eigenvalue weighted by molar-refractivity contribution is 8.26. The van der Waals surface area contributed by atoms with Gasteiger partial charge in [0.15, 0.2) is 0 Å². The van der Waals surface area contributed by atoms with Crippen molar-refractivity contribution in [3.63, 3.8) is 0 Å². The number of hydrogen-bond donors (Lipinski definition) is 3. The van der Waals surface area contributed by atoms with E-state index in [0.717, 1.165) is 29.5 Å². The van der Waals surface area contributed by atoms with Crippen LogP contribution in [0.2, 0.25) is 0 Å². The second-order valence-corrected chi connectivity index (χ2v) is 7.81. The average Bonchev–Trinajstić information content (AvgIpc) is 2.96. The molecule has 2 aromatic rings. The maximum Gasteiger partial charge on any atom is 0.339 e. The number of hydrogen-bond acceptors (Lipinski definition) is 7. The molecule has 0 spiro atoms. The Morgan fingerprint density at radius 3 is 2.73 bits per heavy atom. The Hall–Kier alpha value is -3.37. The Bertz CT molecular complexity index is 1080. The Labute approximate surface area is 181 Å². The molecule has 3 rings (SSSR count). The first-order valence-electron chi connectivity index (χ1n) is 8.54. The number of carboxylic acids is 1. The SMILES string of the molecule is COc1cccc(/C=C2/SC(=S)N(CC(=O)Nc3ccc(O)c(C(=O)O)c3)C2=O)c1. The minimum absolute atomic E-state index is 0.174. The molecule has 3 N–H and O–H groups in total. The van der Waals surface area contributed by atoms with Crippen molar-refractivity contribution in [3.8, 4) is 11.5 Å². The van der Waals surface area contributed by atoms with E-state index >= 15 is 0 Å². The zero-order valence-corrected chi connectivity index (χ0v) is 17.3. The van der Waals surface area contributed by atoms with Crippen LogP contribution in [0.25, 0.3) is 6.08 Å². The number of nitrogens with one attached hydrogen (secondary N) is 1. The van der Waals surface area contributed by atoms with Crippen molar-refractivity contribution >= 4 is 57.8 Å². The number of thioether (sulfide) groups is 1. The number of amides is 2. The number of carboxylic acid groups (broad SMARTS) is 1. The predicted molar refractivity (Wildman–Crippen MR) is 117 cm³/mol. The predicted octanol–water partition coefficient (Wildman–Crippen LogP) is 2.94. The van der Waals surface area contributed by atoms with Gasteiger partial charge in [0, 0.05) is 5.69 Å². The maximum absolute atomic E-state index is 12.7. The average molecular weight is 444 g/mol. The lowest BCUT2D eigenvalue weighted by Crippen LogP contribution is -2.36. The minimum atomic E-state index is -1.33. The summed E-state index contributed by atoms with van der Waals surface area (Å²) in [4.78, 5) is 37.7. The van der Waals surface area contributed by atoms with Gasteiger partial charge < -0.3 is 20.3 Å². The summed E-state index contributed by atoms with van der Waals surface area (Å²) in [5, 5.41) is 21.1. The number of aromatic hydroxyl groups is 1. The van der Waals surface area contributed by atoms with E-state index in [-0.39, 0.29) is 22.1 Å². The van der Waals surface area contributed by atoms with Crippen molar-refractivity contribution < 1.29 is 29.3 Å². The smallest absolute Gasteiger partial charge is 0.339 e. The van der Waals surface area contributed by atoms with Crippen molar-refractivity contribution in [2.45, 2.75) is 0 Å². The van der Waals surface area contributed by atoms with Crippen LogP contribution in [0.15, 0.2) is 47.4 Å². The van der Waals surface area contributed by atoms with E-state index in [1.165, 1.54) is 11.0 Å². The van der Waals surface area contributed by atoms with E-state index < -0.39 is 23.5 Å². The number of thiocarbonyl (C=S) groups is 1. The highest BCUT2D eigenvalue weighted by atomic mass is 32.2. The number of rotatable bonds is 6. The molecule has 154 valence electrons. The molecule has 10 heteroatoms. The first-order chi connectivity index (χ1) is 14.3. The molecule has 1 aliphatic heterocycles. The largest absolute Gasteiger partial charge is 0.507 e. The van der Waals surface area contributed by atoms with Gasteiger partial charge in [-0.15, -0.1) is 0 Å². The number of methoxy groups -OCH3 is 1. The molecule has 1 aliphatic rings. The van der Waals surface area contributed by atoms with E-state index in [1.807, 2.05) is 6.07 Å². The van der Waals surface area contributed by atoms with Gasteiger partial charge in [-0.25, -0.2) is 4.79 Å². The molecule has 1 fully saturated rings. The summed E-state index contributed by atoms with van der Waals surface area (Å²) in [5.41, 5.74) is 0.580. The van der Waals surface area contributed by atoms with Crippen molar-refractivity contribution in [1.29, 1.82) is 0 Å². The van der Waals surface area contributed by atoms with Gasteiger partial charge in [-0.2, -0.15) is 0 Å². The van der Waals surface area contributed by atoms with E-state index in [4.69, 9.17) is 22.1 Å². The summed E-state index contributed by atoms with van der Waals surface area (Å²) >= 11 is 6.31. The fraction of sp³-hybridized carbons (Fsp3) is 0.100. The van der Waals surface area contributed by atoms with Crippen LogP contribution in [0.1, 0.15) is 15.9 Å². The number of nitrogens with zero attached hydrogens (tertiary/aromatic N) is 1. The zero-order valence-electron chi connectivity index (χ0n) is 15.6. The van der Waals surface area contributed by atoms with Crippen molar-refractivity contribution in [2.75, 3.05) is 19.0 Å².